The summed E-state index contributed by atoms with van der Waals surface area (Å²) < 4.78 is 0. The Hall–Kier alpha value is -3.52. The predicted octanol–water partition coefficient (Wildman–Crippen LogP) is 10.5. The second-order valence-corrected chi connectivity index (χ2v) is 12.0. The van der Waals surface area contributed by atoms with Crippen molar-refractivity contribution in [2.45, 2.75) is 97.3 Å². The fraction of sp³-hybridized carbons (Fsp3) is 0.385. The van der Waals surface area contributed by atoms with Crippen LogP contribution in [-0.4, -0.2) is 0 Å². The quantitative estimate of drug-likeness (QED) is 0.122. The summed E-state index contributed by atoms with van der Waals surface area (Å²) in [5, 5.41) is 0. The molecule has 4 N–H and O–H groups in total. The van der Waals surface area contributed by atoms with Crippen molar-refractivity contribution in [3.8, 4) is 0 Å². The highest BCUT2D eigenvalue weighted by atomic mass is 14.5. The van der Waals surface area contributed by atoms with E-state index in [1.54, 1.807) is 0 Å². The number of rotatable bonds is 14. The van der Waals surface area contributed by atoms with Crippen LogP contribution in [-0.2, 0) is 6.42 Å². The number of hydrogen-bond acceptors (Lipinski definition) is 2. The third-order valence-electron chi connectivity index (χ3n) is 8.70. The molecule has 0 aromatic heterocycles. The van der Waals surface area contributed by atoms with Gasteiger partial charge >= 0.3 is 0 Å². The van der Waals surface area contributed by atoms with Gasteiger partial charge in [-0.1, -0.05) is 113 Å². The minimum absolute atomic E-state index is 0.414. The lowest BCUT2D eigenvalue weighted by atomic mass is 9.83. The van der Waals surface area contributed by atoms with Crippen molar-refractivity contribution in [3.05, 3.63) is 129 Å². The number of anilines is 2. The van der Waals surface area contributed by atoms with Crippen molar-refractivity contribution in [1.29, 1.82) is 0 Å². The standard InChI is InChI=1S/C39H50N2/c1-5-7-9-11-38(36-23-21-34(40)25-28(36)3)32-17-13-30(14-18-32)27-31-15-19-33(20-16-31)39(12-10-8-6-2)37-24-22-35(41)26-29(37)4/h13-26,38-39H,5-12,27,40-41H2,1-4H3. The summed E-state index contributed by atoms with van der Waals surface area (Å²) in [7, 11) is 0. The van der Waals surface area contributed by atoms with Gasteiger partial charge < -0.3 is 11.5 Å². The summed E-state index contributed by atoms with van der Waals surface area (Å²) >= 11 is 0. The van der Waals surface area contributed by atoms with Crippen LogP contribution in [0.25, 0.3) is 0 Å². The largest absolute Gasteiger partial charge is 0.399 e. The fourth-order valence-corrected chi connectivity index (χ4v) is 6.35. The molecule has 2 heteroatoms. The van der Waals surface area contributed by atoms with Crippen LogP contribution in [0.15, 0.2) is 84.9 Å². The second-order valence-electron chi connectivity index (χ2n) is 12.0. The molecule has 4 aromatic carbocycles. The molecule has 0 aliphatic heterocycles. The lowest BCUT2D eigenvalue weighted by Crippen LogP contribution is -2.05. The van der Waals surface area contributed by atoms with Crippen molar-refractivity contribution in [1.82, 2.24) is 0 Å². The Balaban J connectivity index is 1.50. The monoisotopic (exact) mass is 546 g/mol. The zero-order valence-electron chi connectivity index (χ0n) is 25.8. The van der Waals surface area contributed by atoms with Crippen molar-refractivity contribution in [2.75, 3.05) is 11.5 Å². The van der Waals surface area contributed by atoms with E-state index < -0.39 is 0 Å². The van der Waals surface area contributed by atoms with Gasteiger partial charge in [0.25, 0.3) is 0 Å². The summed E-state index contributed by atoms with van der Waals surface area (Å²) in [6.45, 7) is 8.94. The van der Waals surface area contributed by atoms with Gasteiger partial charge in [-0.25, -0.2) is 0 Å². The fourth-order valence-electron chi connectivity index (χ4n) is 6.35. The summed E-state index contributed by atoms with van der Waals surface area (Å²) in [5.41, 5.74) is 24.7. The van der Waals surface area contributed by atoms with Gasteiger partial charge in [0.1, 0.15) is 0 Å². The first-order chi connectivity index (χ1) is 19.9. The van der Waals surface area contributed by atoms with Crippen LogP contribution in [0.2, 0.25) is 0 Å². The lowest BCUT2D eigenvalue weighted by Gasteiger charge is -2.21. The number of hydrogen-bond donors (Lipinski definition) is 2. The molecule has 0 spiro atoms. The molecule has 0 aliphatic rings. The van der Waals surface area contributed by atoms with Gasteiger partial charge in [0, 0.05) is 23.2 Å². The Morgan fingerprint density at radius 3 is 1.24 bits per heavy atom. The second kappa shape index (κ2) is 14.9. The van der Waals surface area contributed by atoms with Gasteiger partial charge in [-0.2, -0.15) is 0 Å². The molecule has 0 saturated carbocycles. The molecule has 0 aliphatic carbocycles. The molecule has 0 bridgehead atoms. The molecule has 4 aromatic rings. The van der Waals surface area contributed by atoms with E-state index in [0.29, 0.717) is 11.8 Å². The van der Waals surface area contributed by atoms with Crippen molar-refractivity contribution < 1.29 is 0 Å². The summed E-state index contributed by atoms with van der Waals surface area (Å²) in [6.07, 6.45) is 10.8. The van der Waals surface area contributed by atoms with E-state index in [2.05, 4.69) is 113 Å². The minimum atomic E-state index is 0.414. The number of unbranched alkanes of at least 4 members (excludes halogenated alkanes) is 4. The first-order valence-corrected chi connectivity index (χ1v) is 15.8. The summed E-state index contributed by atoms with van der Waals surface area (Å²) in [4.78, 5) is 0. The van der Waals surface area contributed by atoms with E-state index in [4.69, 9.17) is 11.5 Å². The molecular formula is C39H50N2. The zero-order chi connectivity index (χ0) is 29.2. The first-order valence-electron chi connectivity index (χ1n) is 15.8. The molecule has 0 fully saturated rings. The third-order valence-corrected chi connectivity index (χ3v) is 8.70. The van der Waals surface area contributed by atoms with Gasteiger partial charge in [-0.15, -0.1) is 0 Å². The highest BCUT2D eigenvalue weighted by Gasteiger charge is 2.18. The molecule has 0 saturated heterocycles. The van der Waals surface area contributed by atoms with Gasteiger partial charge in [-0.05, 0) is 102 Å². The molecule has 0 radical (unpaired) electrons. The Morgan fingerprint density at radius 1 is 0.512 bits per heavy atom. The van der Waals surface area contributed by atoms with Gasteiger partial charge in [0.05, 0.1) is 0 Å². The number of nitrogens with two attached hydrogens (primary N) is 2. The number of nitrogen functional groups attached to an aromatic ring is 2. The Kier molecular flexibility index (Phi) is 11.1. The normalized spacial score (nSPS) is 12.8. The maximum Gasteiger partial charge on any atom is 0.0316 e. The van der Waals surface area contributed by atoms with E-state index >= 15 is 0 Å². The molecule has 2 unspecified atom stereocenters. The average molecular weight is 547 g/mol. The average Bonchev–Trinajstić information content (AvgIpc) is 2.96. The van der Waals surface area contributed by atoms with Crippen LogP contribution in [0.1, 0.15) is 122 Å². The van der Waals surface area contributed by atoms with Crippen LogP contribution < -0.4 is 11.5 Å². The Labute approximate surface area is 249 Å². The van der Waals surface area contributed by atoms with E-state index in [1.807, 2.05) is 0 Å². The highest BCUT2D eigenvalue weighted by molar-refractivity contribution is 5.49. The van der Waals surface area contributed by atoms with Crippen LogP contribution in [0.3, 0.4) is 0 Å². The molecule has 216 valence electrons. The molecule has 0 amide bonds. The minimum Gasteiger partial charge on any atom is -0.399 e. The molecular weight excluding hydrogens is 496 g/mol. The van der Waals surface area contributed by atoms with Crippen LogP contribution in [0.5, 0.6) is 0 Å². The number of aryl methyl sites for hydroxylation is 2. The maximum absolute atomic E-state index is 6.07. The van der Waals surface area contributed by atoms with Crippen LogP contribution in [0.4, 0.5) is 11.4 Å². The smallest absolute Gasteiger partial charge is 0.0316 e. The van der Waals surface area contributed by atoms with Gasteiger partial charge in [0.15, 0.2) is 0 Å². The molecule has 0 heterocycles. The molecule has 4 rings (SSSR count). The highest BCUT2D eigenvalue weighted by Crippen LogP contribution is 2.35. The van der Waals surface area contributed by atoms with Crippen molar-refractivity contribution >= 4 is 11.4 Å². The van der Waals surface area contributed by atoms with Crippen molar-refractivity contribution in [3.63, 3.8) is 0 Å². The SMILES string of the molecule is CCCCCC(c1ccc(Cc2ccc(C(CCCCC)c3ccc(N)cc3C)cc2)cc1)c1ccc(N)cc1C. The zero-order valence-corrected chi connectivity index (χ0v) is 25.8. The maximum atomic E-state index is 6.07. The van der Waals surface area contributed by atoms with Crippen LogP contribution in [0, 0.1) is 13.8 Å². The molecule has 2 atom stereocenters. The molecule has 2 nitrogen and oxygen atoms in total. The Bertz CT molecular complexity index is 1260. The predicted molar refractivity (Wildman–Crippen MR) is 179 cm³/mol. The first kappa shape index (κ1) is 30.4. The summed E-state index contributed by atoms with van der Waals surface area (Å²) in [6, 6.07) is 31.5. The van der Waals surface area contributed by atoms with E-state index in [0.717, 1.165) is 17.8 Å². The van der Waals surface area contributed by atoms with E-state index in [1.165, 1.54) is 95.9 Å². The lowest BCUT2D eigenvalue weighted by molar-refractivity contribution is 0.616. The Morgan fingerprint density at radius 2 is 0.902 bits per heavy atom. The van der Waals surface area contributed by atoms with Gasteiger partial charge in [0.2, 0.25) is 0 Å². The molecule has 41 heavy (non-hydrogen) atoms. The summed E-state index contributed by atoms with van der Waals surface area (Å²) in [5.74, 6) is 0.828. The van der Waals surface area contributed by atoms with Crippen molar-refractivity contribution in [2.24, 2.45) is 0 Å². The number of benzene rings is 4. The van der Waals surface area contributed by atoms with Crippen LogP contribution >= 0.6 is 0 Å². The van der Waals surface area contributed by atoms with E-state index in [-0.39, 0.29) is 0 Å². The topological polar surface area (TPSA) is 52.0 Å². The van der Waals surface area contributed by atoms with Gasteiger partial charge in [-0.3, -0.25) is 0 Å². The third kappa shape index (κ3) is 8.26. The van der Waals surface area contributed by atoms with E-state index in [9.17, 15) is 0 Å².